The Bertz CT molecular complexity index is 632. The SMILES string of the molecule is CC1NNNC1C(=O)NC(c1ccc(Cl)cc1)c1ccsc1. The Hall–Kier alpha value is -1.44. The lowest BCUT2D eigenvalue weighted by Crippen LogP contribution is -2.47. The number of hydrogen-bond donors (Lipinski definition) is 4. The summed E-state index contributed by atoms with van der Waals surface area (Å²) in [6.45, 7) is 1.94. The number of hydrogen-bond acceptors (Lipinski definition) is 5. The van der Waals surface area contributed by atoms with Crippen molar-refractivity contribution in [1.29, 1.82) is 0 Å². The number of benzene rings is 1. The molecule has 3 rings (SSSR count). The first kappa shape index (κ1) is 15.5. The Balaban J connectivity index is 1.83. The van der Waals surface area contributed by atoms with E-state index in [4.69, 9.17) is 11.6 Å². The molecule has 1 aliphatic heterocycles. The fraction of sp³-hybridized carbons (Fsp3) is 0.267. The van der Waals surface area contributed by atoms with Gasteiger partial charge in [0.05, 0.1) is 6.04 Å². The summed E-state index contributed by atoms with van der Waals surface area (Å²) in [6, 6.07) is 9.06. The van der Waals surface area contributed by atoms with E-state index in [-0.39, 0.29) is 24.0 Å². The second-order valence-electron chi connectivity index (χ2n) is 5.23. The van der Waals surface area contributed by atoms with E-state index in [2.05, 4.69) is 21.7 Å². The highest BCUT2D eigenvalue weighted by molar-refractivity contribution is 7.08. The van der Waals surface area contributed by atoms with Crippen molar-refractivity contribution in [2.45, 2.75) is 25.0 Å². The fourth-order valence-electron chi connectivity index (χ4n) is 2.42. The molecule has 0 radical (unpaired) electrons. The third kappa shape index (κ3) is 3.31. The van der Waals surface area contributed by atoms with Gasteiger partial charge in [-0.2, -0.15) is 16.9 Å². The van der Waals surface area contributed by atoms with Crippen molar-refractivity contribution in [3.63, 3.8) is 0 Å². The summed E-state index contributed by atoms with van der Waals surface area (Å²) in [6.07, 6.45) is 0. The number of carbonyl (C=O) groups excluding carboxylic acids is 1. The molecule has 1 amide bonds. The van der Waals surface area contributed by atoms with Gasteiger partial charge in [-0.1, -0.05) is 23.7 Å². The maximum absolute atomic E-state index is 12.5. The van der Waals surface area contributed by atoms with Crippen molar-refractivity contribution in [3.05, 3.63) is 57.2 Å². The molecule has 116 valence electrons. The molecular formula is C15H17ClN4OS. The molecule has 0 aliphatic carbocycles. The molecule has 2 aromatic rings. The molecule has 1 aromatic carbocycles. The van der Waals surface area contributed by atoms with Gasteiger partial charge in [-0.3, -0.25) is 4.79 Å². The lowest BCUT2D eigenvalue weighted by atomic mass is 10.0. The van der Waals surface area contributed by atoms with Gasteiger partial charge in [-0.25, -0.2) is 10.9 Å². The van der Waals surface area contributed by atoms with Crippen molar-refractivity contribution in [1.82, 2.24) is 21.7 Å². The minimum atomic E-state index is -0.326. The van der Waals surface area contributed by atoms with Crippen molar-refractivity contribution >= 4 is 28.8 Å². The zero-order valence-electron chi connectivity index (χ0n) is 12.0. The Morgan fingerprint density at radius 1 is 1.23 bits per heavy atom. The van der Waals surface area contributed by atoms with Crippen LogP contribution < -0.4 is 21.7 Å². The largest absolute Gasteiger partial charge is 0.344 e. The van der Waals surface area contributed by atoms with Gasteiger partial charge in [-0.15, -0.1) is 0 Å². The Labute approximate surface area is 138 Å². The van der Waals surface area contributed by atoms with E-state index >= 15 is 0 Å². The van der Waals surface area contributed by atoms with Gasteiger partial charge in [0.1, 0.15) is 6.04 Å². The maximum atomic E-state index is 12.5. The molecular weight excluding hydrogens is 320 g/mol. The first-order valence-corrected chi connectivity index (χ1v) is 8.31. The van der Waals surface area contributed by atoms with Gasteiger partial charge in [0.15, 0.2) is 0 Å². The number of halogens is 1. The average Bonchev–Trinajstić information content (AvgIpc) is 3.17. The highest BCUT2D eigenvalue weighted by Crippen LogP contribution is 2.25. The molecule has 7 heteroatoms. The van der Waals surface area contributed by atoms with E-state index in [0.29, 0.717) is 5.02 Å². The molecule has 2 heterocycles. The summed E-state index contributed by atoms with van der Waals surface area (Å²) in [5, 5.41) is 7.84. The fourth-order valence-corrected chi connectivity index (χ4v) is 3.23. The molecule has 4 N–H and O–H groups in total. The molecule has 1 fully saturated rings. The Morgan fingerprint density at radius 3 is 2.59 bits per heavy atom. The summed E-state index contributed by atoms with van der Waals surface area (Å²) in [4.78, 5) is 12.5. The number of nitrogens with one attached hydrogen (secondary N) is 4. The first-order chi connectivity index (χ1) is 10.6. The van der Waals surface area contributed by atoms with Crippen LogP contribution in [0, 0.1) is 0 Å². The zero-order chi connectivity index (χ0) is 15.5. The lowest BCUT2D eigenvalue weighted by molar-refractivity contribution is -0.123. The van der Waals surface area contributed by atoms with Crippen LogP contribution in [0.15, 0.2) is 41.1 Å². The highest BCUT2D eigenvalue weighted by atomic mass is 35.5. The lowest BCUT2D eigenvalue weighted by Gasteiger charge is -2.22. The molecule has 1 saturated heterocycles. The van der Waals surface area contributed by atoms with Gasteiger partial charge in [-0.05, 0) is 47.0 Å². The predicted octanol–water partition coefficient (Wildman–Crippen LogP) is 1.98. The predicted molar refractivity (Wildman–Crippen MR) is 88.4 cm³/mol. The summed E-state index contributed by atoms with van der Waals surface area (Å²) >= 11 is 7.57. The van der Waals surface area contributed by atoms with Crippen LogP contribution in [-0.4, -0.2) is 18.0 Å². The average molecular weight is 337 g/mol. The van der Waals surface area contributed by atoms with Crippen LogP contribution in [0.1, 0.15) is 24.1 Å². The van der Waals surface area contributed by atoms with Crippen LogP contribution in [0.2, 0.25) is 5.02 Å². The molecule has 1 aliphatic rings. The van der Waals surface area contributed by atoms with E-state index in [0.717, 1.165) is 11.1 Å². The number of amides is 1. The molecule has 0 saturated carbocycles. The summed E-state index contributed by atoms with van der Waals surface area (Å²) in [5.41, 5.74) is 10.7. The molecule has 3 unspecified atom stereocenters. The van der Waals surface area contributed by atoms with Crippen LogP contribution in [0.4, 0.5) is 0 Å². The van der Waals surface area contributed by atoms with Gasteiger partial charge in [0.25, 0.3) is 0 Å². The molecule has 5 nitrogen and oxygen atoms in total. The van der Waals surface area contributed by atoms with Crippen LogP contribution in [0.3, 0.4) is 0 Å². The highest BCUT2D eigenvalue weighted by Gasteiger charge is 2.31. The summed E-state index contributed by atoms with van der Waals surface area (Å²) < 4.78 is 0. The van der Waals surface area contributed by atoms with E-state index in [1.165, 1.54) is 0 Å². The number of carbonyl (C=O) groups is 1. The maximum Gasteiger partial charge on any atom is 0.240 e. The standard InChI is InChI=1S/C15H17ClN4OS/c1-9-13(19-20-18-9)15(21)17-14(11-6-7-22-8-11)10-2-4-12(16)5-3-10/h2-9,13-14,18-20H,1H3,(H,17,21). The third-order valence-corrected chi connectivity index (χ3v) is 4.63. The van der Waals surface area contributed by atoms with Gasteiger partial charge in [0.2, 0.25) is 5.91 Å². The van der Waals surface area contributed by atoms with Crippen LogP contribution in [-0.2, 0) is 4.79 Å². The quantitative estimate of drug-likeness (QED) is 0.689. The van der Waals surface area contributed by atoms with Crippen LogP contribution >= 0.6 is 22.9 Å². The summed E-state index contributed by atoms with van der Waals surface area (Å²) in [7, 11) is 0. The Morgan fingerprint density at radius 2 is 2.00 bits per heavy atom. The Kier molecular flexibility index (Phi) is 4.75. The van der Waals surface area contributed by atoms with E-state index < -0.39 is 0 Å². The van der Waals surface area contributed by atoms with E-state index in [1.807, 2.05) is 48.0 Å². The second-order valence-corrected chi connectivity index (χ2v) is 6.45. The zero-order valence-corrected chi connectivity index (χ0v) is 13.5. The van der Waals surface area contributed by atoms with Gasteiger partial charge in [0, 0.05) is 11.1 Å². The van der Waals surface area contributed by atoms with Crippen molar-refractivity contribution in [3.8, 4) is 0 Å². The molecule has 3 atom stereocenters. The van der Waals surface area contributed by atoms with Crippen LogP contribution in [0.25, 0.3) is 0 Å². The minimum Gasteiger partial charge on any atom is -0.344 e. The van der Waals surface area contributed by atoms with Gasteiger partial charge >= 0.3 is 0 Å². The van der Waals surface area contributed by atoms with Crippen molar-refractivity contribution in [2.24, 2.45) is 0 Å². The number of thiophene rings is 1. The monoisotopic (exact) mass is 336 g/mol. The number of rotatable bonds is 4. The number of hydrazine groups is 2. The first-order valence-electron chi connectivity index (χ1n) is 6.99. The topological polar surface area (TPSA) is 65.2 Å². The second kappa shape index (κ2) is 6.76. The molecule has 0 bridgehead atoms. The van der Waals surface area contributed by atoms with Gasteiger partial charge < -0.3 is 5.32 Å². The van der Waals surface area contributed by atoms with E-state index in [9.17, 15) is 4.79 Å². The smallest absolute Gasteiger partial charge is 0.240 e. The minimum absolute atomic E-state index is 0.00772. The van der Waals surface area contributed by atoms with Crippen molar-refractivity contribution in [2.75, 3.05) is 0 Å². The molecule has 1 aromatic heterocycles. The normalized spacial score (nSPS) is 22.5. The van der Waals surface area contributed by atoms with Crippen LogP contribution in [0.5, 0.6) is 0 Å². The van der Waals surface area contributed by atoms with Crippen molar-refractivity contribution < 1.29 is 4.79 Å². The molecule has 22 heavy (non-hydrogen) atoms. The summed E-state index contributed by atoms with van der Waals surface area (Å²) in [5.74, 6) is -0.0591. The third-order valence-electron chi connectivity index (χ3n) is 3.68. The van der Waals surface area contributed by atoms with E-state index in [1.54, 1.807) is 11.3 Å². The molecule has 0 spiro atoms.